The van der Waals surface area contributed by atoms with Crippen molar-refractivity contribution in [1.82, 2.24) is 14.9 Å². The zero-order valence-corrected chi connectivity index (χ0v) is 12.1. The molecule has 0 aliphatic carbocycles. The van der Waals surface area contributed by atoms with Gasteiger partial charge in [0.05, 0.1) is 30.1 Å². The molecule has 1 radical (unpaired) electrons. The van der Waals surface area contributed by atoms with Crippen LogP contribution in [-0.4, -0.2) is 33.2 Å². The first-order chi connectivity index (χ1) is 11.1. The molecule has 2 N–H and O–H groups in total. The predicted octanol–water partition coefficient (Wildman–Crippen LogP) is 0.446. The van der Waals surface area contributed by atoms with Gasteiger partial charge in [-0.05, 0) is 30.7 Å². The van der Waals surface area contributed by atoms with E-state index in [1.807, 2.05) is 6.07 Å². The molecule has 1 aromatic carbocycles. The van der Waals surface area contributed by atoms with Crippen LogP contribution in [0.25, 0.3) is 0 Å². The third kappa shape index (κ3) is 2.87. The van der Waals surface area contributed by atoms with E-state index < -0.39 is 5.91 Å². The van der Waals surface area contributed by atoms with Crippen LogP contribution in [0.15, 0.2) is 24.3 Å². The maximum Gasteiger partial charge on any atom is 0.286 e. The van der Waals surface area contributed by atoms with Gasteiger partial charge in [0.15, 0.2) is 0 Å². The average molecular weight is 306 g/mol. The molecule has 113 valence electrons. The number of rotatable bonds is 2. The van der Waals surface area contributed by atoms with Crippen LogP contribution in [0.1, 0.15) is 37.8 Å². The molecule has 3 rings (SSSR count). The van der Waals surface area contributed by atoms with Gasteiger partial charge in [-0.2, -0.15) is 5.26 Å². The summed E-state index contributed by atoms with van der Waals surface area (Å²) in [5.74, 6) is -0.976. The molecule has 0 unspecified atom stereocenters. The lowest BCUT2D eigenvalue weighted by Crippen LogP contribution is -2.37. The van der Waals surface area contributed by atoms with E-state index in [1.165, 1.54) is 0 Å². The summed E-state index contributed by atoms with van der Waals surface area (Å²) in [7, 11) is 0. The fourth-order valence-electron chi connectivity index (χ4n) is 2.40. The Balaban J connectivity index is 1.83. The molecule has 1 aromatic heterocycles. The van der Waals surface area contributed by atoms with E-state index >= 15 is 0 Å². The number of hydrogen-bond acceptors (Lipinski definition) is 5. The summed E-state index contributed by atoms with van der Waals surface area (Å²) in [4.78, 5) is 33.2. The Bertz CT molecular complexity index is 823. The first kappa shape index (κ1) is 14.7. The third-order valence-corrected chi connectivity index (χ3v) is 3.63. The van der Waals surface area contributed by atoms with Crippen molar-refractivity contribution >= 4 is 11.8 Å². The standard InChI is InChI=1S/C16H12N5O2/c17-7-10-1-3-11(4-2-10)16(23)21-6-5-12-8-19-15(14(18)22)20-13(12)9-21/h1-4H,5-6,9H2,(H2,18,22). The smallest absolute Gasteiger partial charge is 0.286 e. The van der Waals surface area contributed by atoms with E-state index in [0.717, 1.165) is 5.56 Å². The van der Waals surface area contributed by atoms with E-state index in [9.17, 15) is 9.59 Å². The molecule has 0 bridgehead atoms. The van der Waals surface area contributed by atoms with Gasteiger partial charge in [-0.15, -0.1) is 0 Å². The minimum Gasteiger partial charge on any atom is -0.363 e. The predicted molar refractivity (Wildman–Crippen MR) is 79.0 cm³/mol. The number of fused-ring (bicyclic) bond motifs is 1. The molecule has 7 heteroatoms. The number of hydrogen-bond donors (Lipinski definition) is 1. The molecule has 1 aliphatic rings. The number of benzene rings is 1. The summed E-state index contributed by atoms with van der Waals surface area (Å²) < 4.78 is 0. The lowest BCUT2D eigenvalue weighted by atomic mass is 10.0. The molecular formula is C16H12N5O2. The molecule has 23 heavy (non-hydrogen) atoms. The fraction of sp³-hybridized carbons (Fsp3) is 0.188. The lowest BCUT2D eigenvalue weighted by molar-refractivity contribution is 0.0731. The van der Waals surface area contributed by atoms with E-state index in [4.69, 9.17) is 11.0 Å². The Morgan fingerprint density at radius 2 is 2.04 bits per heavy atom. The fourth-order valence-corrected chi connectivity index (χ4v) is 2.40. The van der Waals surface area contributed by atoms with Gasteiger partial charge >= 0.3 is 0 Å². The Kier molecular flexibility index (Phi) is 3.73. The van der Waals surface area contributed by atoms with Crippen LogP contribution in [0.2, 0.25) is 0 Å². The third-order valence-electron chi connectivity index (χ3n) is 3.63. The van der Waals surface area contributed by atoms with Gasteiger partial charge in [-0.25, -0.2) is 9.97 Å². The van der Waals surface area contributed by atoms with Gasteiger partial charge in [-0.1, -0.05) is 0 Å². The molecule has 2 heterocycles. The number of primary amides is 1. The van der Waals surface area contributed by atoms with Crippen molar-refractivity contribution in [2.24, 2.45) is 5.73 Å². The van der Waals surface area contributed by atoms with Crippen molar-refractivity contribution in [3.63, 3.8) is 0 Å². The highest BCUT2D eigenvalue weighted by Gasteiger charge is 2.24. The van der Waals surface area contributed by atoms with Crippen molar-refractivity contribution in [2.75, 3.05) is 6.54 Å². The number of amides is 2. The van der Waals surface area contributed by atoms with Crippen molar-refractivity contribution < 1.29 is 9.59 Å². The van der Waals surface area contributed by atoms with Gasteiger partial charge in [0.1, 0.15) is 0 Å². The molecule has 0 spiro atoms. The Morgan fingerprint density at radius 1 is 1.30 bits per heavy atom. The second-order valence-corrected chi connectivity index (χ2v) is 5.11. The Hall–Kier alpha value is -3.27. The zero-order valence-electron chi connectivity index (χ0n) is 12.1. The summed E-state index contributed by atoms with van der Waals surface area (Å²) in [6.45, 7) is 0.787. The number of carbonyl (C=O) groups excluding carboxylic acids is 2. The highest BCUT2D eigenvalue weighted by molar-refractivity contribution is 5.94. The van der Waals surface area contributed by atoms with Crippen LogP contribution in [0, 0.1) is 17.5 Å². The van der Waals surface area contributed by atoms with Crippen LogP contribution < -0.4 is 5.73 Å². The number of nitrogens with two attached hydrogens (primary N) is 1. The minimum absolute atomic E-state index is 0.101. The van der Waals surface area contributed by atoms with Gasteiger partial charge in [0, 0.05) is 17.7 Å². The van der Waals surface area contributed by atoms with Crippen molar-refractivity contribution in [3.05, 3.63) is 58.7 Å². The van der Waals surface area contributed by atoms with E-state index in [2.05, 4.69) is 16.2 Å². The molecule has 1 aliphatic heterocycles. The topological polar surface area (TPSA) is 113 Å². The Morgan fingerprint density at radius 3 is 2.70 bits per heavy atom. The van der Waals surface area contributed by atoms with Crippen LogP contribution in [0.4, 0.5) is 0 Å². The first-order valence-corrected chi connectivity index (χ1v) is 6.95. The SMILES string of the molecule is N#Cc1ccc(C(=O)N2CCc3[c]nc(C(N)=O)nc3C2)cc1. The first-order valence-electron chi connectivity index (χ1n) is 6.95. The summed E-state index contributed by atoms with van der Waals surface area (Å²) in [5.41, 5.74) is 7.54. The normalized spacial score (nSPS) is 13.1. The van der Waals surface area contributed by atoms with E-state index in [0.29, 0.717) is 29.8 Å². The summed E-state index contributed by atoms with van der Waals surface area (Å²) in [6.07, 6.45) is 3.33. The minimum atomic E-state index is -0.723. The molecule has 7 nitrogen and oxygen atoms in total. The van der Waals surface area contributed by atoms with Crippen molar-refractivity contribution in [1.29, 1.82) is 5.26 Å². The number of nitriles is 1. The van der Waals surface area contributed by atoms with E-state index in [1.54, 1.807) is 29.2 Å². The number of aromatic nitrogens is 2. The van der Waals surface area contributed by atoms with Crippen LogP contribution in [0.5, 0.6) is 0 Å². The van der Waals surface area contributed by atoms with Crippen LogP contribution >= 0.6 is 0 Å². The number of carbonyl (C=O) groups is 2. The second-order valence-electron chi connectivity index (χ2n) is 5.11. The molecule has 2 amide bonds. The van der Waals surface area contributed by atoms with Gasteiger partial charge in [-0.3, -0.25) is 9.59 Å². The molecule has 2 aromatic rings. The van der Waals surface area contributed by atoms with Gasteiger partial charge < -0.3 is 10.6 Å². The molecule has 0 fully saturated rings. The highest BCUT2D eigenvalue weighted by Crippen LogP contribution is 2.18. The largest absolute Gasteiger partial charge is 0.363 e. The quantitative estimate of drug-likeness (QED) is 0.865. The van der Waals surface area contributed by atoms with Crippen LogP contribution in [0.3, 0.4) is 0 Å². The second kappa shape index (κ2) is 5.85. The van der Waals surface area contributed by atoms with Crippen molar-refractivity contribution in [3.8, 4) is 6.07 Å². The Labute approximate surface area is 132 Å². The van der Waals surface area contributed by atoms with Crippen molar-refractivity contribution in [2.45, 2.75) is 13.0 Å². The number of nitrogens with zero attached hydrogens (tertiary/aromatic N) is 4. The van der Waals surface area contributed by atoms with Gasteiger partial charge in [0.25, 0.3) is 11.8 Å². The molecule has 0 saturated heterocycles. The maximum atomic E-state index is 12.5. The zero-order chi connectivity index (χ0) is 16.4. The van der Waals surface area contributed by atoms with Gasteiger partial charge in [0.2, 0.25) is 5.82 Å². The summed E-state index contributed by atoms with van der Waals surface area (Å²) in [5, 5.41) is 8.80. The summed E-state index contributed by atoms with van der Waals surface area (Å²) >= 11 is 0. The lowest BCUT2D eigenvalue weighted by Gasteiger charge is -2.27. The summed E-state index contributed by atoms with van der Waals surface area (Å²) in [6, 6.07) is 8.46. The molecule has 0 saturated carbocycles. The molecule has 0 atom stereocenters. The van der Waals surface area contributed by atoms with Crippen LogP contribution in [-0.2, 0) is 13.0 Å². The molecular weight excluding hydrogens is 294 g/mol. The highest BCUT2D eigenvalue weighted by atomic mass is 16.2. The maximum absolute atomic E-state index is 12.5. The monoisotopic (exact) mass is 306 g/mol. The average Bonchev–Trinajstić information content (AvgIpc) is 2.60. The van der Waals surface area contributed by atoms with E-state index in [-0.39, 0.29) is 18.3 Å².